The number of aryl methyl sites for hydroxylation is 1. The summed E-state index contributed by atoms with van der Waals surface area (Å²) in [6.07, 6.45) is 0. The van der Waals surface area contributed by atoms with Crippen LogP contribution in [-0.2, 0) is 15.1 Å². The highest BCUT2D eigenvalue weighted by molar-refractivity contribution is 7.22. The van der Waals surface area contributed by atoms with E-state index in [9.17, 15) is 14.4 Å². The van der Waals surface area contributed by atoms with Crippen LogP contribution in [0.3, 0.4) is 0 Å². The molecule has 0 unspecified atom stereocenters. The third kappa shape index (κ3) is 3.34. The van der Waals surface area contributed by atoms with Crippen LogP contribution in [0, 0.1) is 6.92 Å². The normalized spacial score (nSPS) is 12.5. The molecule has 0 fully saturated rings. The minimum atomic E-state index is -1.47. The molecule has 0 aromatic carbocycles. The number of rotatable bonds is 3. The maximum absolute atomic E-state index is 13.2. The molecule has 1 N–H and O–H groups in total. The Balaban J connectivity index is 2.23. The summed E-state index contributed by atoms with van der Waals surface area (Å²) in [5.41, 5.74) is -1.15. The van der Waals surface area contributed by atoms with Gasteiger partial charge in [0, 0.05) is 0 Å². The fourth-order valence-corrected chi connectivity index (χ4v) is 4.32. The van der Waals surface area contributed by atoms with Gasteiger partial charge in [0.15, 0.2) is 5.82 Å². The average molecular weight is 409 g/mol. The SMILES string of the molecule is Cc1c(-c2ncsn2)sc2[nH]c(=O)n(C(C)(C)C(=O)OC(C)(C)C)c(=O)c12. The van der Waals surface area contributed by atoms with E-state index in [4.69, 9.17) is 4.74 Å². The lowest BCUT2D eigenvalue weighted by atomic mass is 10.0. The van der Waals surface area contributed by atoms with Gasteiger partial charge in [-0.25, -0.2) is 19.1 Å². The molecule has 27 heavy (non-hydrogen) atoms. The molecule has 0 bridgehead atoms. The van der Waals surface area contributed by atoms with E-state index in [0.717, 1.165) is 4.57 Å². The van der Waals surface area contributed by atoms with Gasteiger partial charge < -0.3 is 4.74 Å². The molecule has 10 heteroatoms. The van der Waals surface area contributed by atoms with Crippen LogP contribution >= 0.6 is 22.9 Å². The topological polar surface area (TPSA) is 107 Å². The van der Waals surface area contributed by atoms with Crippen molar-refractivity contribution in [3.8, 4) is 10.7 Å². The number of nitrogens with zero attached hydrogens (tertiary/aromatic N) is 3. The number of hydrogen-bond acceptors (Lipinski definition) is 8. The fraction of sp³-hybridized carbons (Fsp3) is 0.471. The Bertz CT molecular complexity index is 1130. The van der Waals surface area contributed by atoms with Gasteiger partial charge in [-0.05, 0) is 58.6 Å². The van der Waals surface area contributed by atoms with Crippen molar-refractivity contribution >= 4 is 39.1 Å². The van der Waals surface area contributed by atoms with Crippen LogP contribution in [0.1, 0.15) is 40.2 Å². The quantitative estimate of drug-likeness (QED) is 0.668. The first kappa shape index (κ1) is 19.4. The van der Waals surface area contributed by atoms with Crippen LogP contribution in [0.5, 0.6) is 0 Å². The van der Waals surface area contributed by atoms with Crippen LogP contribution < -0.4 is 11.2 Å². The number of ether oxygens (including phenoxy) is 1. The number of esters is 1. The first-order valence-electron chi connectivity index (χ1n) is 8.22. The molecule has 0 aliphatic rings. The summed E-state index contributed by atoms with van der Waals surface area (Å²) in [4.78, 5) is 46.5. The number of carbonyl (C=O) groups is 1. The van der Waals surface area contributed by atoms with Gasteiger partial charge in [0.05, 0.1) is 10.3 Å². The lowest BCUT2D eigenvalue weighted by molar-refractivity contribution is -0.164. The summed E-state index contributed by atoms with van der Waals surface area (Å²) < 4.78 is 10.5. The zero-order valence-electron chi connectivity index (χ0n) is 15.9. The van der Waals surface area contributed by atoms with Crippen LogP contribution in [-0.4, -0.2) is 30.5 Å². The van der Waals surface area contributed by atoms with E-state index >= 15 is 0 Å². The van der Waals surface area contributed by atoms with Crippen LogP contribution in [0.2, 0.25) is 0 Å². The minimum absolute atomic E-state index is 0.348. The fourth-order valence-electron chi connectivity index (χ4n) is 2.70. The van der Waals surface area contributed by atoms with E-state index in [0.29, 0.717) is 26.5 Å². The van der Waals surface area contributed by atoms with Crippen molar-refractivity contribution in [1.29, 1.82) is 0 Å². The summed E-state index contributed by atoms with van der Waals surface area (Å²) in [5, 5.41) is 0.348. The summed E-state index contributed by atoms with van der Waals surface area (Å²) in [5.74, 6) is -0.145. The van der Waals surface area contributed by atoms with Gasteiger partial charge >= 0.3 is 11.7 Å². The van der Waals surface area contributed by atoms with Gasteiger partial charge in [0.25, 0.3) is 5.56 Å². The first-order chi connectivity index (χ1) is 12.4. The van der Waals surface area contributed by atoms with Gasteiger partial charge in [0.1, 0.15) is 21.5 Å². The number of fused-ring (bicyclic) bond motifs is 1. The molecule has 0 spiro atoms. The highest BCUT2D eigenvalue weighted by Crippen LogP contribution is 2.34. The van der Waals surface area contributed by atoms with Crippen molar-refractivity contribution in [3.63, 3.8) is 0 Å². The summed E-state index contributed by atoms with van der Waals surface area (Å²) >= 11 is 2.45. The number of aromatic amines is 1. The van der Waals surface area contributed by atoms with E-state index in [2.05, 4.69) is 14.3 Å². The molecule has 3 aromatic heterocycles. The molecule has 8 nitrogen and oxygen atoms in total. The summed E-state index contributed by atoms with van der Waals surface area (Å²) in [6.45, 7) is 9.95. The maximum Gasteiger partial charge on any atom is 0.332 e. The van der Waals surface area contributed by atoms with Crippen molar-refractivity contribution in [2.45, 2.75) is 52.7 Å². The minimum Gasteiger partial charge on any atom is -0.458 e. The number of hydrogen-bond donors (Lipinski definition) is 1. The van der Waals surface area contributed by atoms with Crippen molar-refractivity contribution in [3.05, 3.63) is 31.9 Å². The second-order valence-corrected chi connectivity index (χ2v) is 9.27. The Morgan fingerprint density at radius 2 is 1.89 bits per heavy atom. The number of aromatic nitrogens is 4. The Morgan fingerprint density at radius 1 is 1.22 bits per heavy atom. The van der Waals surface area contributed by atoms with Crippen molar-refractivity contribution < 1.29 is 9.53 Å². The number of nitrogens with one attached hydrogen (secondary N) is 1. The lowest BCUT2D eigenvalue weighted by Gasteiger charge is -2.29. The van der Waals surface area contributed by atoms with E-state index in [1.807, 2.05) is 0 Å². The standard InChI is InChI=1S/C17H20N4O4S2/c1-8-9-12(27-10(8)11-18-7-26-20-11)19-15(24)21(13(9)22)17(5,6)14(23)25-16(2,3)4/h7H,1-6H3,(H,19,24). The molecule has 0 aliphatic heterocycles. The van der Waals surface area contributed by atoms with Gasteiger partial charge in [-0.3, -0.25) is 9.78 Å². The van der Waals surface area contributed by atoms with E-state index < -0.39 is 28.4 Å². The number of thiophene rings is 1. The van der Waals surface area contributed by atoms with E-state index in [1.165, 1.54) is 36.7 Å². The number of carbonyl (C=O) groups excluding carboxylic acids is 1. The third-order valence-corrected chi connectivity index (χ3v) is 5.69. The van der Waals surface area contributed by atoms with E-state index in [1.54, 1.807) is 33.2 Å². The molecule has 0 saturated heterocycles. The monoisotopic (exact) mass is 408 g/mol. The second-order valence-electron chi connectivity index (χ2n) is 7.65. The highest BCUT2D eigenvalue weighted by atomic mass is 32.1. The third-order valence-electron chi connectivity index (χ3n) is 4.01. The van der Waals surface area contributed by atoms with E-state index in [-0.39, 0.29) is 0 Å². The van der Waals surface area contributed by atoms with Crippen molar-refractivity contribution in [2.24, 2.45) is 0 Å². The van der Waals surface area contributed by atoms with Gasteiger partial charge in [-0.15, -0.1) is 11.3 Å². The predicted molar refractivity (Wildman–Crippen MR) is 106 cm³/mol. The van der Waals surface area contributed by atoms with Crippen LogP contribution in [0.25, 0.3) is 20.9 Å². The van der Waals surface area contributed by atoms with Crippen LogP contribution in [0.15, 0.2) is 15.1 Å². The molecule has 0 radical (unpaired) electrons. The van der Waals surface area contributed by atoms with Crippen molar-refractivity contribution in [2.75, 3.05) is 0 Å². The molecule has 0 atom stereocenters. The largest absolute Gasteiger partial charge is 0.458 e. The molecule has 3 heterocycles. The Morgan fingerprint density at radius 3 is 2.44 bits per heavy atom. The summed E-state index contributed by atoms with van der Waals surface area (Å²) in [7, 11) is 0. The van der Waals surface area contributed by atoms with Crippen LogP contribution in [0.4, 0.5) is 0 Å². The zero-order valence-corrected chi connectivity index (χ0v) is 17.5. The maximum atomic E-state index is 13.2. The number of H-pyrrole nitrogens is 1. The smallest absolute Gasteiger partial charge is 0.332 e. The molecule has 0 amide bonds. The van der Waals surface area contributed by atoms with Crippen molar-refractivity contribution in [1.82, 2.24) is 18.9 Å². The molecule has 144 valence electrons. The zero-order chi connectivity index (χ0) is 20.1. The highest BCUT2D eigenvalue weighted by Gasteiger charge is 2.37. The molecular formula is C17H20N4O4S2. The Hall–Kier alpha value is -2.33. The molecule has 3 rings (SSSR count). The first-order valence-corrected chi connectivity index (χ1v) is 9.88. The predicted octanol–water partition coefficient (Wildman–Crippen LogP) is 2.66. The Kier molecular flexibility index (Phi) is 4.59. The van der Waals surface area contributed by atoms with Gasteiger partial charge in [-0.2, -0.15) is 4.37 Å². The average Bonchev–Trinajstić information content (AvgIpc) is 3.13. The van der Waals surface area contributed by atoms with Gasteiger partial charge in [-0.1, -0.05) is 0 Å². The molecule has 0 saturated carbocycles. The molecular weight excluding hydrogens is 388 g/mol. The second kappa shape index (κ2) is 6.38. The lowest BCUT2D eigenvalue weighted by Crippen LogP contribution is -2.52. The Labute approximate surface area is 163 Å². The van der Waals surface area contributed by atoms with Gasteiger partial charge in [0.2, 0.25) is 0 Å². The molecule has 3 aromatic rings. The molecule has 0 aliphatic carbocycles. The summed E-state index contributed by atoms with van der Waals surface area (Å²) in [6, 6.07) is 0.